The molecule has 1 atom stereocenters. The van der Waals surface area contributed by atoms with E-state index in [1.165, 1.54) is 19.3 Å². The molecule has 0 heterocycles. The van der Waals surface area contributed by atoms with Crippen LogP contribution < -0.4 is 0 Å². The van der Waals surface area contributed by atoms with E-state index in [9.17, 15) is 4.79 Å². The number of ketones is 1. The zero-order chi connectivity index (χ0) is 11.0. The lowest BCUT2D eigenvalue weighted by Crippen LogP contribution is -2.19. The van der Waals surface area contributed by atoms with Gasteiger partial charge in [0.05, 0.1) is 0 Å². The van der Waals surface area contributed by atoms with E-state index in [1.807, 2.05) is 13.8 Å². The van der Waals surface area contributed by atoms with Crippen molar-refractivity contribution in [3.8, 4) is 0 Å². The van der Waals surface area contributed by atoms with Crippen LogP contribution in [0.3, 0.4) is 0 Å². The molecule has 0 aliphatic rings. The van der Waals surface area contributed by atoms with Gasteiger partial charge in [0.25, 0.3) is 0 Å². The summed E-state index contributed by atoms with van der Waals surface area (Å²) in [6.07, 6.45) is 7.06. The molecule has 0 aromatic carbocycles. The van der Waals surface area contributed by atoms with Gasteiger partial charge < -0.3 is 0 Å². The van der Waals surface area contributed by atoms with Gasteiger partial charge in [-0.25, -0.2) is 0 Å². The van der Waals surface area contributed by atoms with Crippen molar-refractivity contribution in [3.05, 3.63) is 0 Å². The molecule has 1 nitrogen and oxygen atoms in total. The summed E-state index contributed by atoms with van der Waals surface area (Å²) >= 11 is 0. The highest BCUT2D eigenvalue weighted by molar-refractivity contribution is 5.82. The molecule has 0 aliphatic heterocycles. The molecular weight excluding hydrogens is 172 g/mol. The number of rotatable bonds is 8. The van der Waals surface area contributed by atoms with Gasteiger partial charge >= 0.3 is 0 Å². The van der Waals surface area contributed by atoms with E-state index in [0.717, 1.165) is 19.3 Å². The van der Waals surface area contributed by atoms with Crippen LogP contribution in [-0.2, 0) is 4.79 Å². The summed E-state index contributed by atoms with van der Waals surface area (Å²) in [5.74, 6) is 1.03. The molecule has 0 bridgehead atoms. The molecule has 84 valence electrons. The molecule has 0 saturated heterocycles. The fraction of sp³-hybridized carbons (Fsp3) is 0.923. The van der Waals surface area contributed by atoms with Gasteiger partial charge in [-0.3, -0.25) is 4.79 Å². The maximum absolute atomic E-state index is 11.8. The van der Waals surface area contributed by atoms with Gasteiger partial charge in [-0.05, 0) is 12.8 Å². The van der Waals surface area contributed by atoms with Crippen LogP contribution in [0.2, 0.25) is 0 Å². The fourth-order valence-corrected chi connectivity index (χ4v) is 1.89. The van der Waals surface area contributed by atoms with E-state index >= 15 is 0 Å². The average Bonchev–Trinajstić information content (AvgIpc) is 2.15. The van der Waals surface area contributed by atoms with Gasteiger partial charge in [-0.2, -0.15) is 0 Å². The predicted octanol–water partition coefficient (Wildman–Crippen LogP) is 4.21. The molecule has 14 heavy (non-hydrogen) atoms. The maximum Gasteiger partial charge on any atom is 0.138 e. The zero-order valence-electron chi connectivity index (χ0n) is 10.3. The highest BCUT2D eigenvalue weighted by atomic mass is 16.1. The average molecular weight is 198 g/mol. The van der Waals surface area contributed by atoms with Gasteiger partial charge in [0, 0.05) is 11.8 Å². The molecule has 1 heteroatoms. The minimum absolute atomic E-state index is 0.216. The molecule has 0 amide bonds. The molecule has 0 radical (unpaired) electrons. The summed E-state index contributed by atoms with van der Waals surface area (Å²) in [7, 11) is 0. The van der Waals surface area contributed by atoms with Crippen LogP contribution in [0, 0.1) is 11.8 Å². The van der Waals surface area contributed by atoms with E-state index in [1.54, 1.807) is 0 Å². The van der Waals surface area contributed by atoms with Crippen molar-refractivity contribution in [2.75, 3.05) is 0 Å². The minimum Gasteiger partial charge on any atom is -0.299 e. The first-order valence-corrected chi connectivity index (χ1v) is 6.17. The van der Waals surface area contributed by atoms with E-state index in [2.05, 4.69) is 13.8 Å². The molecule has 0 aromatic rings. The van der Waals surface area contributed by atoms with Crippen molar-refractivity contribution in [2.24, 2.45) is 11.8 Å². The van der Waals surface area contributed by atoms with Crippen LogP contribution in [0.25, 0.3) is 0 Å². The normalized spacial score (nSPS) is 13.2. The van der Waals surface area contributed by atoms with Gasteiger partial charge in [-0.15, -0.1) is 0 Å². The first-order chi connectivity index (χ1) is 6.63. The monoisotopic (exact) mass is 198 g/mol. The molecule has 0 aliphatic carbocycles. The lowest BCUT2D eigenvalue weighted by molar-refractivity contribution is -0.126. The van der Waals surface area contributed by atoms with Crippen molar-refractivity contribution in [1.29, 1.82) is 0 Å². The number of carbonyl (C=O) groups is 1. The Kier molecular flexibility index (Phi) is 7.83. The van der Waals surface area contributed by atoms with E-state index in [-0.39, 0.29) is 5.92 Å². The second kappa shape index (κ2) is 8.02. The van der Waals surface area contributed by atoms with Crippen molar-refractivity contribution in [2.45, 2.75) is 66.2 Å². The van der Waals surface area contributed by atoms with Gasteiger partial charge in [0.1, 0.15) is 5.78 Å². The van der Waals surface area contributed by atoms with Crippen LogP contribution in [0.4, 0.5) is 0 Å². The predicted molar refractivity (Wildman–Crippen MR) is 62.4 cm³/mol. The second-order valence-corrected chi connectivity index (χ2v) is 4.54. The minimum atomic E-state index is 0.216. The zero-order valence-corrected chi connectivity index (χ0v) is 10.3. The third-order valence-electron chi connectivity index (χ3n) is 2.76. The number of Topliss-reactive ketones (excluding diaryl/α,β-unsaturated/α-hetero) is 1. The Morgan fingerprint density at radius 2 is 1.64 bits per heavy atom. The molecule has 1 unspecified atom stereocenters. The summed E-state index contributed by atoms with van der Waals surface area (Å²) in [5, 5.41) is 0. The quantitative estimate of drug-likeness (QED) is 0.534. The summed E-state index contributed by atoms with van der Waals surface area (Å²) in [5.41, 5.74) is 0. The summed E-state index contributed by atoms with van der Waals surface area (Å²) in [4.78, 5) is 11.8. The first-order valence-electron chi connectivity index (χ1n) is 6.17. The highest BCUT2D eigenvalue weighted by Gasteiger charge is 2.19. The standard InChI is InChI=1S/C13H26O/c1-5-7-8-10-12(9-6-2)13(14)11(3)4/h11-12H,5-10H2,1-4H3. The Hall–Kier alpha value is -0.330. The Morgan fingerprint density at radius 1 is 1.00 bits per heavy atom. The van der Waals surface area contributed by atoms with Gasteiger partial charge in [-0.1, -0.05) is 53.4 Å². The van der Waals surface area contributed by atoms with Crippen molar-refractivity contribution in [1.82, 2.24) is 0 Å². The van der Waals surface area contributed by atoms with Crippen LogP contribution >= 0.6 is 0 Å². The maximum atomic E-state index is 11.8. The van der Waals surface area contributed by atoms with Crippen LogP contribution in [-0.4, -0.2) is 5.78 Å². The lowest BCUT2D eigenvalue weighted by Gasteiger charge is -2.16. The highest BCUT2D eigenvalue weighted by Crippen LogP contribution is 2.20. The fourth-order valence-electron chi connectivity index (χ4n) is 1.89. The Morgan fingerprint density at radius 3 is 2.07 bits per heavy atom. The molecule has 0 aromatic heterocycles. The molecule has 0 rings (SSSR count). The Balaban J connectivity index is 3.94. The van der Waals surface area contributed by atoms with Crippen molar-refractivity contribution >= 4 is 5.78 Å². The van der Waals surface area contributed by atoms with E-state index in [4.69, 9.17) is 0 Å². The largest absolute Gasteiger partial charge is 0.299 e. The lowest BCUT2D eigenvalue weighted by atomic mass is 9.87. The van der Waals surface area contributed by atoms with Crippen LogP contribution in [0.1, 0.15) is 66.2 Å². The SMILES string of the molecule is CCCCCC(CCC)C(=O)C(C)C. The molecule has 0 saturated carbocycles. The number of hydrogen-bond donors (Lipinski definition) is 0. The Labute approximate surface area is 89.3 Å². The number of unbranched alkanes of at least 4 members (excludes halogenated alkanes) is 2. The second-order valence-electron chi connectivity index (χ2n) is 4.54. The van der Waals surface area contributed by atoms with Crippen LogP contribution in [0.15, 0.2) is 0 Å². The van der Waals surface area contributed by atoms with E-state index < -0.39 is 0 Å². The van der Waals surface area contributed by atoms with Crippen LogP contribution in [0.5, 0.6) is 0 Å². The summed E-state index contributed by atoms with van der Waals surface area (Å²) < 4.78 is 0. The molecular formula is C13H26O. The topological polar surface area (TPSA) is 17.1 Å². The first kappa shape index (κ1) is 13.7. The smallest absolute Gasteiger partial charge is 0.138 e. The third kappa shape index (κ3) is 5.41. The van der Waals surface area contributed by atoms with Gasteiger partial charge in [0.2, 0.25) is 0 Å². The van der Waals surface area contributed by atoms with E-state index in [0.29, 0.717) is 11.7 Å². The van der Waals surface area contributed by atoms with Crippen molar-refractivity contribution < 1.29 is 4.79 Å². The van der Waals surface area contributed by atoms with Crippen molar-refractivity contribution in [3.63, 3.8) is 0 Å². The number of carbonyl (C=O) groups excluding carboxylic acids is 1. The van der Waals surface area contributed by atoms with Gasteiger partial charge in [0.15, 0.2) is 0 Å². The number of hydrogen-bond acceptors (Lipinski definition) is 1. The molecule has 0 fully saturated rings. The summed E-state index contributed by atoms with van der Waals surface area (Å²) in [6, 6.07) is 0. The third-order valence-corrected chi connectivity index (χ3v) is 2.76. The summed E-state index contributed by atoms with van der Waals surface area (Å²) in [6.45, 7) is 8.41. The molecule has 0 N–H and O–H groups in total. The molecule has 0 spiro atoms. The Bertz CT molecular complexity index is 149.